The van der Waals surface area contributed by atoms with Gasteiger partial charge in [-0.25, -0.2) is 4.98 Å². The number of hydrogen-bond acceptors (Lipinski definition) is 4. The van der Waals surface area contributed by atoms with Crippen LogP contribution in [0.15, 0.2) is 34.2 Å². The highest BCUT2D eigenvalue weighted by molar-refractivity contribution is 7.99. The van der Waals surface area contributed by atoms with Crippen molar-refractivity contribution in [2.75, 3.05) is 5.75 Å². The fraction of sp³-hybridized carbons (Fsp3) is 0.400. The Morgan fingerprint density at radius 1 is 1.32 bits per heavy atom. The SMILES string of the molecule is CCSc1nc2sc3c(c2c(=O)n1-c1ccc(C)cc1)CCC(C)C3. The van der Waals surface area contributed by atoms with Crippen LogP contribution < -0.4 is 5.56 Å². The minimum atomic E-state index is 0.0943. The molecule has 0 amide bonds. The van der Waals surface area contributed by atoms with E-state index in [1.54, 1.807) is 27.7 Å². The van der Waals surface area contributed by atoms with Gasteiger partial charge in [-0.05, 0) is 55.6 Å². The minimum Gasteiger partial charge on any atom is -0.268 e. The summed E-state index contributed by atoms with van der Waals surface area (Å²) in [4.78, 5) is 20.6. The Balaban J connectivity index is 2.00. The van der Waals surface area contributed by atoms with Crippen molar-refractivity contribution in [3.8, 4) is 5.69 Å². The second-order valence-electron chi connectivity index (χ2n) is 6.84. The molecule has 1 atom stereocenters. The molecule has 4 rings (SSSR count). The molecule has 0 aliphatic heterocycles. The highest BCUT2D eigenvalue weighted by Gasteiger charge is 2.25. The summed E-state index contributed by atoms with van der Waals surface area (Å²) in [6.07, 6.45) is 3.24. The third kappa shape index (κ3) is 2.93. The lowest BCUT2D eigenvalue weighted by Gasteiger charge is -2.17. The van der Waals surface area contributed by atoms with Gasteiger partial charge < -0.3 is 0 Å². The molecule has 0 N–H and O–H groups in total. The molecule has 0 radical (unpaired) electrons. The van der Waals surface area contributed by atoms with Crippen LogP contribution in [-0.2, 0) is 12.8 Å². The van der Waals surface area contributed by atoms with Crippen LogP contribution in [0.4, 0.5) is 0 Å². The Labute approximate surface area is 156 Å². The van der Waals surface area contributed by atoms with E-state index in [0.717, 1.165) is 46.1 Å². The summed E-state index contributed by atoms with van der Waals surface area (Å²) >= 11 is 3.36. The van der Waals surface area contributed by atoms with Crippen molar-refractivity contribution in [2.45, 2.75) is 45.2 Å². The summed E-state index contributed by atoms with van der Waals surface area (Å²) in [6, 6.07) is 8.14. The van der Waals surface area contributed by atoms with Crippen LogP contribution in [0.3, 0.4) is 0 Å². The molecule has 1 aliphatic carbocycles. The Morgan fingerprint density at radius 3 is 2.80 bits per heavy atom. The van der Waals surface area contributed by atoms with Gasteiger partial charge in [0.1, 0.15) is 4.83 Å². The Kier molecular flexibility index (Phi) is 4.46. The molecule has 3 aromatic rings. The van der Waals surface area contributed by atoms with Crippen molar-refractivity contribution in [1.29, 1.82) is 0 Å². The number of fused-ring (bicyclic) bond motifs is 3. The molecule has 2 aromatic heterocycles. The van der Waals surface area contributed by atoms with Gasteiger partial charge in [-0.1, -0.05) is 43.3 Å². The number of thioether (sulfide) groups is 1. The molecule has 0 saturated heterocycles. The summed E-state index contributed by atoms with van der Waals surface area (Å²) in [5.41, 5.74) is 3.45. The maximum absolute atomic E-state index is 13.4. The molecule has 130 valence electrons. The first kappa shape index (κ1) is 16.9. The highest BCUT2D eigenvalue weighted by atomic mass is 32.2. The zero-order valence-electron chi connectivity index (χ0n) is 14.8. The molecule has 1 aromatic carbocycles. The molecule has 0 saturated carbocycles. The van der Waals surface area contributed by atoms with Gasteiger partial charge in [0.2, 0.25) is 0 Å². The van der Waals surface area contributed by atoms with Gasteiger partial charge in [0, 0.05) is 4.88 Å². The van der Waals surface area contributed by atoms with Crippen LogP contribution in [-0.4, -0.2) is 15.3 Å². The predicted octanol–water partition coefficient (Wildman–Crippen LogP) is 4.99. The first-order valence-corrected chi connectivity index (χ1v) is 10.7. The maximum Gasteiger partial charge on any atom is 0.267 e. The summed E-state index contributed by atoms with van der Waals surface area (Å²) in [5.74, 6) is 1.59. The van der Waals surface area contributed by atoms with E-state index < -0.39 is 0 Å². The second kappa shape index (κ2) is 6.61. The van der Waals surface area contributed by atoms with Gasteiger partial charge in [0.15, 0.2) is 5.16 Å². The first-order chi connectivity index (χ1) is 12.1. The molecular formula is C20H22N2OS2. The number of benzene rings is 1. The first-order valence-electron chi connectivity index (χ1n) is 8.85. The van der Waals surface area contributed by atoms with Crippen LogP contribution in [0.5, 0.6) is 0 Å². The largest absolute Gasteiger partial charge is 0.268 e. The van der Waals surface area contributed by atoms with E-state index in [-0.39, 0.29) is 5.56 Å². The van der Waals surface area contributed by atoms with Crippen molar-refractivity contribution >= 4 is 33.3 Å². The van der Waals surface area contributed by atoms with Gasteiger partial charge in [0.25, 0.3) is 5.56 Å². The molecule has 0 spiro atoms. The van der Waals surface area contributed by atoms with Gasteiger partial charge in [0.05, 0.1) is 11.1 Å². The third-order valence-electron chi connectivity index (χ3n) is 4.86. The number of aromatic nitrogens is 2. The average molecular weight is 371 g/mol. The molecule has 2 heterocycles. The fourth-order valence-corrected chi connectivity index (χ4v) is 5.68. The Hall–Kier alpha value is -1.59. The summed E-state index contributed by atoms with van der Waals surface area (Å²) in [6.45, 7) is 6.46. The zero-order valence-corrected chi connectivity index (χ0v) is 16.5. The average Bonchev–Trinajstić information content (AvgIpc) is 2.94. The van der Waals surface area contributed by atoms with Crippen molar-refractivity contribution < 1.29 is 0 Å². The van der Waals surface area contributed by atoms with Crippen molar-refractivity contribution in [2.24, 2.45) is 5.92 Å². The standard InChI is InChI=1S/C20H22N2OS2/c1-4-24-20-21-18-17(15-10-7-13(3)11-16(15)25-18)19(23)22(20)14-8-5-12(2)6-9-14/h5-6,8-9,13H,4,7,10-11H2,1-3H3. The number of hydrogen-bond donors (Lipinski definition) is 0. The van der Waals surface area contributed by atoms with Crippen LogP contribution >= 0.6 is 23.1 Å². The van der Waals surface area contributed by atoms with E-state index in [1.165, 1.54) is 16.0 Å². The fourth-order valence-electron chi connectivity index (χ4n) is 3.52. The minimum absolute atomic E-state index is 0.0943. The molecule has 0 fully saturated rings. The van der Waals surface area contributed by atoms with Gasteiger partial charge >= 0.3 is 0 Å². The summed E-state index contributed by atoms with van der Waals surface area (Å²) in [7, 11) is 0. The maximum atomic E-state index is 13.4. The number of thiophene rings is 1. The summed E-state index contributed by atoms with van der Waals surface area (Å²) < 4.78 is 1.81. The van der Waals surface area contributed by atoms with Crippen molar-refractivity contribution in [3.63, 3.8) is 0 Å². The topological polar surface area (TPSA) is 34.9 Å². The number of nitrogens with zero attached hydrogens (tertiary/aromatic N) is 2. The summed E-state index contributed by atoms with van der Waals surface area (Å²) in [5, 5.41) is 1.66. The van der Waals surface area contributed by atoms with Crippen molar-refractivity contribution in [1.82, 2.24) is 9.55 Å². The predicted molar refractivity (Wildman–Crippen MR) is 108 cm³/mol. The van der Waals surface area contributed by atoms with Gasteiger partial charge in [-0.15, -0.1) is 11.3 Å². The van der Waals surface area contributed by atoms with Crippen LogP contribution in [0, 0.1) is 12.8 Å². The number of rotatable bonds is 3. The van der Waals surface area contributed by atoms with Crippen LogP contribution in [0.2, 0.25) is 0 Å². The van der Waals surface area contributed by atoms with Crippen LogP contribution in [0.25, 0.3) is 15.9 Å². The second-order valence-corrected chi connectivity index (χ2v) is 9.15. The molecule has 5 heteroatoms. The molecule has 0 bridgehead atoms. The monoisotopic (exact) mass is 370 g/mol. The van der Waals surface area contributed by atoms with Gasteiger partial charge in [-0.2, -0.15) is 0 Å². The van der Waals surface area contributed by atoms with E-state index in [4.69, 9.17) is 4.98 Å². The van der Waals surface area contributed by atoms with Crippen molar-refractivity contribution in [3.05, 3.63) is 50.6 Å². The number of aryl methyl sites for hydroxylation is 2. The highest BCUT2D eigenvalue weighted by Crippen LogP contribution is 2.36. The Bertz CT molecular complexity index is 986. The molecule has 1 unspecified atom stereocenters. The Morgan fingerprint density at radius 2 is 2.08 bits per heavy atom. The molecular weight excluding hydrogens is 348 g/mol. The quantitative estimate of drug-likeness (QED) is 0.481. The van der Waals surface area contributed by atoms with E-state index in [0.29, 0.717) is 5.92 Å². The van der Waals surface area contributed by atoms with E-state index in [1.807, 2.05) is 12.1 Å². The molecule has 3 nitrogen and oxygen atoms in total. The molecule has 25 heavy (non-hydrogen) atoms. The van der Waals surface area contributed by atoms with Gasteiger partial charge in [-0.3, -0.25) is 9.36 Å². The van der Waals surface area contributed by atoms with E-state index in [2.05, 4.69) is 32.9 Å². The van der Waals surface area contributed by atoms with E-state index >= 15 is 0 Å². The lowest BCUT2D eigenvalue weighted by molar-refractivity contribution is 0.509. The zero-order chi connectivity index (χ0) is 17.6. The third-order valence-corrected chi connectivity index (χ3v) is 6.83. The van der Waals surface area contributed by atoms with Crippen LogP contribution in [0.1, 0.15) is 36.3 Å². The lowest BCUT2D eigenvalue weighted by atomic mass is 9.89. The smallest absolute Gasteiger partial charge is 0.267 e. The lowest BCUT2D eigenvalue weighted by Crippen LogP contribution is -2.22. The molecule has 1 aliphatic rings. The van der Waals surface area contributed by atoms with E-state index in [9.17, 15) is 4.79 Å². The normalized spacial score (nSPS) is 17.0.